The fourth-order valence-corrected chi connectivity index (χ4v) is 4.06. The second-order valence-electron chi connectivity index (χ2n) is 8.92. The minimum absolute atomic E-state index is 0.310. The van der Waals surface area contributed by atoms with Crippen molar-refractivity contribution < 1.29 is 77.3 Å². The van der Waals surface area contributed by atoms with E-state index in [1.165, 1.54) is 43.3 Å². The first-order valence-corrected chi connectivity index (χ1v) is 16.2. The number of benzene rings is 3. The molecule has 0 fully saturated rings. The molecule has 3 aromatic rings. The lowest BCUT2D eigenvalue weighted by Crippen LogP contribution is -2.28. The maximum absolute atomic E-state index is 12.1. The molecule has 3 aromatic carbocycles. The van der Waals surface area contributed by atoms with Crippen LogP contribution in [0.1, 0.15) is 11.1 Å². The zero-order chi connectivity index (χ0) is 36.6. The third-order valence-electron chi connectivity index (χ3n) is 4.88. The summed E-state index contributed by atoms with van der Waals surface area (Å²) in [6.07, 6.45) is 0. The van der Waals surface area contributed by atoms with Crippen LogP contribution in [0.25, 0.3) is 0 Å². The van der Waals surface area contributed by atoms with Crippen LogP contribution < -0.4 is 17.4 Å². The molecule has 0 aliphatic heterocycles. The normalized spacial score (nSPS) is 12.4. The van der Waals surface area contributed by atoms with Crippen LogP contribution in [0.3, 0.4) is 0 Å². The topological polar surface area (TPSA) is 133 Å². The van der Waals surface area contributed by atoms with Gasteiger partial charge in [0.25, 0.3) is 0 Å². The van der Waals surface area contributed by atoms with Gasteiger partial charge in [0, 0.05) is 25.8 Å². The van der Waals surface area contributed by atoms with Crippen molar-refractivity contribution in [2.75, 3.05) is 19.0 Å². The lowest BCUT2D eigenvalue weighted by atomic mass is 10.2. The molecule has 0 radical (unpaired) electrons. The molecule has 3 rings (SSSR count). The first-order chi connectivity index (χ1) is 21.1. The molecule has 0 N–H and O–H groups in total. The van der Waals surface area contributed by atoms with Gasteiger partial charge in [0.1, 0.15) is 17.2 Å². The Bertz CT molecular complexity index is 1820. The maximum Gasteiger partial charge on any atom is 0.534 e. The number of nitrogens with zero attached hydrogens (tertiary/aromatic N) is 1. The van der Waals surface area contributed by atoms with Gasteiger partial charge in [0.05, 0.1) is 0 Å². The monoisotopic (exact) mass is 749 g/mol. The van der Waals surface area contributed by atoms with E-state index in [1.807, 2.05) is 0 Å². The van der Waals surface area contributed by atoms with Crippen LogP contribution >= 0.6 is 0 Å². The number of halogens is 9. The highest BCUT2D eigenvalue weighted by atomic mass is 32.2. The summed E-state index contributed by atoms with van der Waals surface area (Å²) < 4.78 is 183. The molecule has 0 aliphatic rings. The van der Waals surface area contributed by atoms with Crippen molar-refractivity contribution in [3.63, 3.8) is 0 Å². The van der Waals surface area contributed by atoms with Crippen molar-refractivity contribution in [1.82, 2.24) is 0 Å². The molecule has 264 valence electrons. The van der Waals surface area contributed by atoms with E-state index in [2.05, 4.69) is 12.5 Å². The number of hydrogen-bond acceptors (Lipinski definition) is 10. The lowest BCUT2D eigenvalue weighted by molar-refractivity contribution is -0.0505. The van der Waals surface area contributed by atoms with E-state index in [1.54, 1.807) is 44.1 Å². The minimum atomic E-state index is -5.61. The average Bonchev–Trinajstić information content (AvgIpc) is 2.88. The van der Waals surface area contributed by atoms with Crippen LogP contribution in [-0.4, -0.2) is 55.9 Å². The number of hydrogen-bond donors (Lipinski definition) is 0. The van der Waals surface area contributed by atoms with Crippen LogP contribution in [0.4, 0.5) is 45.2 Å². The number of rotatable bonds is 7. The second kappa shape index (κ2) is 15.3. The van der Waals surface area contributed by atoms with E-state index in [9.17, 15) is 64.8 Å². The zero-order valence-electron chi connectivity index (χ0n) is 24.2. The highest BCUT2D eigenvalue weighted by Gasteiger charge is 2.50. The van der Waals surface area contributed by atoms with Crippen LogP contribution in [0.2, 0.25) is 0 Å². The zero-order valence-corrected chi connectivity index (χ0v) is 26.6. The second-order valence-corrected chi connectivity index (χ2v) is 13.5. The molecule has 0 spiro atoms. The van der Waals surface area contributed by atoms with Gasteiger partial charge in [-0.1, -0.05) is 36.4 Å². The molecular formula is C25H24F9NO9S3. The molecule has 0 unspecified atom stereocenters. The van der Waals surface area contributed by atoms with Crippen LogP contribution in [0, 0.1) is 13.8 Å². The Morgan fingerprint density at radius 1 is 0.532 bits per heavy atom. The van der Waals surface area contributed by atoms with Crippen molar-refractivity contribution in [2.45, 2.75) is 30.4 Å². The highest BCUT2D eigenvalue weighted by molar-refractivity contribution is 7.88. The quantitative estimate of drug-likeness (QED) is 0.151. The van der Waals surface area contributed by atoms with E-state index in [-0.39, 0.29) is 17.2 Å². The van der Waals surface area contributed by atoms with Gasteiger partial charge in [-0.15, -0.1) is 0 Å². The van der Waals surface area contributed by atoms with Gasteiger partial charge in [0.15, 0.2) is 0 Å². The average molecular weight is 750 g/mol. The molecule has 0 saturated carbocycles. The van der Waals surface area contributed by atoms with Gasteiger partial charge in [-0.2, -0.15) is 64.8 Å². The third kappa shape index (κ3) is 12.7. The largest absolute Gasteiger partial charge is 0.534 e. The fraction of sp³-hybridized carbons (Fsp3) is 0.280. The smallest absolute Gasteiger partial charge is 0.378 e. The lowest BCUT2D eigenvalue weighted by Gasteiger charge is -2.14. The highest BCUT2D eigenvalue weighted by Crippen LogP contribution is 2.30. The number of alkyl halides is 9. The van der Waals surface area contributed by atoms with Gasteiger partial charge in [-0.25, -0.2) is 0 Å². The number of para-hydroxylation sites is 1. The Hall–Kier alpha value is -3.92. The molecule has 0 saturated heterocycles. The molecule has 0 bridgehead atoms. The number of anilines is 1. The summed E-state index contributed by atoms with van der Waals surface area (Å²) in [7, 11) is -13.4. The van der Waals surface area contributed by atoms with E-state index in [0.29, 0.717) is 16.8 Å². The number of aryl methyl sites for hydroxylation is 2. The Morgan fingerprint density at radius 3 is 1.34 bits per heavy atom. The fourth-order valence-electron chi connectivity index (χ4n) is 2.64. The van der Waals surface area contributed by atoms with E-state index in [4.69, 9.17) is 0 Å². The van der Waals surface area contributed by atoms with Crippen LogP contribution in [-0.2, 0) is 30.4 Å². The van der Waals surface area contributed by atoms with Crippen LogP contribution in [0.5, 0.6) is 17.2 Å². The molecule has 47 heavy (non-hydrogen) atoms. The minimum Gasteiger partial charge on any atom is -0.378 e. The van der Waals surface area contributed by atoms with E-state index < -0.39 is 46.9 Å². The molecule has 10 nitrogen and oxygen atoms in total. The summed E-state index contributed by atoms with van der Waals surface area (Å²) in [5, 5.41) is 0. The van der Waals surface area contributed by atoms with E-state index in [0.717, 1.165) is 18.2 Å². The summed E-state index contributed by atoms with van der Waals surface area (Å²) in [6.45, 7) is 3.05. The summed E-state index contributed by atoms with van der Waals surface area (Å²) in [6, 6.07) is 16.2. The maximum atomic E-state index is 12.1. The SMILES string of the molecule is CN(C)c1cccc(OS(=O)(=O)C(F)(F)F)c1.Cc1cccc(OS(=O)(=O)C(F)(F)F)c1.Cc1ccccc1OS(=O)(=O)C(F)(F)F. The third-order valence-corrected chi connectivity index (χ3v) is 7.80. The molecule has 22 heteroatoms. The Morgan fingerprint density at radius 2 is 0.936 bits per heavy atom. The van der Waals surface area contributed by atoms with Gasteiger partial charge in [0.2, 0.25) is 0 Å². The Labute approximate surface area is 263 Å². The van der Waals surface area contributed by atoms with Gasteiger partial charge >= 0.3 is 46.9 Å². The van der Waals surface area contributed by atoms with E-state index >= 15 is 0 Å². The molecule has 0 aromatic heterocycles. The standard InChI is InChI=1S/C9H10F3NO3S.2C8H7F3O3S/c1-13(2)7-4-3-5-8(6-7)16-17(14,15)9(10,11)12;1-6-3-2-4-7(5-6)14-15(12,13)8(9,10)11;1-6-4-2-3-5-7(6)14-15(12,13)8(9,10)11/h3-6H,1-2H3;2*2-5H,1H3. The Kier molecular flexibility index (Phi) is 13.4. The first kappa shape index (κ1) is 41.1. The van der Waals surface area contributed by atoms with Gasteiger partial charge < -0.3 is 17.4 Å². The van der Waals surface area contributed by atoms with Gasteiger partial charge in [-0.3, -0.25) is 0 Å². The van der Waals surface area contributed by atoms with Crippen molar-refractivity contribution in [3.05, 3.63) is 83.9 Å². The summed E-state index contributed by atoms with van der Waals surface area (Å²) in [5.74, 6) is -1.06. The molecule has 0 amide bonds. The predicted molar refractivity (Wildman–Crippen MR) is 150 cm³/mol. The first-order valence-electron chi connectivity index (χ1n) is 12.0. The molecule has 0 heterocycles. The molecular weight excluding hydrogens is 725 g/mol. The van der Waals surface area contributed by atoms with Crippen molar-refractivity contribution >= 4 is 36.0 Å². The molecule has 0 atom stereocenters. The molecule has 0 aliphatic carbocycles. The van der Waals surface area contributed by atoms with Gasteiger partial charge in [-0.05, 0) is 55.3 Å². The van der Waals surface area contributed by atoms with Crippen LogP contribution in [0.15, 0.2) is 72.8 Å². The Balaban J connectivity index is 0.000000353. The predicted octanol–water partition coefficient (Wildman–Crippen LogP) is 6.43. The summed E-state index contributed by atoms with van der Waals surface area (Å²) >= 11 is 0. The van der Waals surface area contributed by atoms with Crippen molar-refractivity contribution in [2.24, 2.45) is 0 Å². The summed E-state index contributed by atoms with van der Waals surface area (Å²) in [4.78, 5) is 1.60. The van der Waals surface area contributed by atoms with Crippen molar-refractivity contribution in [1.29, 1.82) is 0 Å². The van der Waals surface area contributed by atoms with Crippen molar-refractivity contribution in [3.8, 4) is 17.2 Å². The summed E-state index contributed by atoms with van der Waals surface area (Å²) in [5.41, 5.74) is -14.8.